The quantitative estimate of drug-likeness (QED) is 0.604. The largest absolute Gasteiger partial charge is 0.363 e. The molecule has 0 aromatic rings. The van der Waals surface area contributed by atoms with Gasteiger partial charge in [-0.3, -0.25) is 5.32 Å². The second kappa shape index (κ2) is 10.1. The van der Waals surface area contributed by atoms with Crippen LogP contribution in [0.15, 0.2) is 0 Å². The second-order valence-electron chi connectivity index (χ2n) is 4.93. The maximum absolute atomic E-state index is 5.63. The molecule has 96 valence electrons. The van der Waals surface area contributed by atoms with E-state index in [1.165, 1.54) is 64.2 Å². The predicted octanol–water partition coefficient (Wildman–Crippen LogP) is 3.85. The van der Waals surface area contributed by atoms with Crippen LogP contribution in [0.2, 0.25) is 0 Å². The lowest BCUT2D eigenvalue weighted by atomic mass is 10.1. The second-order valence-corrected chi connectivity index (χ2v) is 4.93. The summed E-state index contributed by atoms with van der Waals surface area (Å²) in [4.78, 5) is 0. The first kappa shape index (κ1) is 14.0. The molecule has 0 radical (unpaired) electrons. The maximum Gasteiger partial charge on any atom is 0.108 e. The lowest BCUT2D eigenvalue weighted by molar-refractivity contribution is -0.00505. The van der Waals surface area contributed by atoms with Crippen LogP contribution in [-0.2, 0) is 4.74 Å². The Morgan fingerprint density at radius 3 is 2.31 bits per heavy atom. The summed E-state index contributed by atoms with van der Waals surface area (Å²) in [5.41, 5.74) is 0. The van der Waals surface area contributed by atoms with Gasteiger partial charge in [0.15, 0.2) is 0 Å². The van der Waals surface area contributed by atoms with Crippen molar-refractivity contribution in [2.24, 2.45) is 0 Å². The van der Waals surface area contributed by atoms with Crippen LogP contribution in [0.4, 0.5) is 0 Å². The zero-order chi connectivity index (χ0) is 11.5. The number of unbranched alkanes of at least 4 members (excludes halogenated alkanes) is 7. The third-order valence-corrected chi connectivity index (χ3v) is 3.33. The van der Waals surface area contributed by atoms with E-state index >= 15 is 0 Å². The number of ether oxygens (including phenoxy) is 1. The van der Waals surface area contributed by atoms with E-state index in [9.17, 15) is 0 Å². The molecule has 0 bridgehead atoms. The molecule has 1 saturated heterocycles. The summed E-state index contributed by atoms with van der Waals surface area (Å²) in [7, 11) is 0. The highest BCUT2D eigenvalue weighted by Gasteiger charge is 2.11. The Kier molecular flexibility index (Phi) is 8.83. The average Bonchev–Trinajstić information content (AvgIpc) is 2.34. The summed E-state index contributed by atoms with van der Waals surface area (Å²) in [5.74, 6) is 0. The molecule has 0 amide bonds. The van der Waals surface area contributed by atoms with Crippen LogP contribution < -0.4 is 5.32 Å². The lowest BCUT2D eigenvalue weighted by Gasteiger charge is -2.23. The van der Waals surface area contributed by atoms with Gasteiger partial charge in [-0.05, 0) is 25.8 Å². The SMILES string of the molecule is CCCCCCCCCCC1NCCCO1. The van der Waals surface area contributed by atoms with Gasteiger partial charge in [-0.1, -0.05) is 51.9 Å². The van der Waals surface area contributed by atoms with Crippen molar-refractivity contribution in [3.8, 4) is 0 Å². The molecule has 0 spiro atoms. The zero-order valence-electron chi connectivity index (χ0n) is 11.0. The first-order chi connectivity index (χ1) is 7.93. The predicted molar refractivity (Wildman–Crippen MR) is 69.6 cm³/mol. The zero-order valence-corrected chi connectivity index (χ0v) is 11.0. The van der Waals surface area contributed by atoms with Gasteiger partial charge < -0.3 is 4.74 Å². The van der Waals surface area contributed by atoms with Gasteiger partial charge >= 0.3 is 0 Å². The van der Waals surface area contributed by atoms with E-state index < -0.39 is 0 Å². The Bertz CT molecular complexity index is 144. The fourth-order valence-electron chi connectivity index (χ4n) is 2.27. The van der Waals surface area contributed by atoms with E-state index in [0.717, 1.165) is 13.2 Å². The minimum absolute atomic E-state index is 0.355. The van der Waals surface area contributed by atoms with Crippen molar-refractivity contribution < 1.29 is 4.74 Å². The topological polar surface area (TPSA) is 21.3 Å². The van der Waals surface area contributed by atoms with Crippen molar-refractivity contribution in [2.75, 3.05) is 13.2 Å². The van der Waals surface area contributed by atoms with E-state index in [2.05, 4.69) is 12.2 Å². The highest BCUT2D eigenvalue weighted by Crippen LogP contribution is 2.12. The molecule has 1 rings (SSSR count). The van der Waals surface area contributed by atoms with Gasteiger partial charge in [0.05, 0.1) is 0 Å². The summed E-state index contributed by atoms with van der Waals surface area (Å²) in [6.45, 7) is 4.37. The maximum atomic E-state index is 5.63. The van der Waals surface area contributed by atoms with Gasteiger partial charge in [0.1, 0.15) is 6.23 Å². The lowest BCUT2D eigenvalue weighted by Crippen LogP contribution is -2.37. The highest BCUT2D eigenvalue weighted by atomic mass is 16.5. The van der Waals surface area contributed by atoms with Crippen molar-refractivity contribution in [1.29, 1.82) is 0 Å². The number of rotatable bonds is 9. The Morgan fingerprint density at radius 2 is 1.69 bits per heavy atom. The Morgan fingerprint density at radius 1 is 1.00 bits per heavy atom. The smallest absolute Gasteiger partial charge is 0.108 e. The summed E-state index contributed by atoms with van der Waals surface area (Å²) in [6, 6.07) is 0. The van der Waals surface area contributed by atoms with E-state index in [-0.39, 0.29) is 0 Å². The van der Waals surface area contributed by atoms with Crippen LogP contribution in [0.3, 0.4) is 0 Å². The molecule has 16 heavy (non-hydrogen) atoms. The molecular formula is C14H29NO. The van der Waals surface area contributed by atoms with Crippen LogP contribution >= 0.6 is 0 Å². The summed E-state index contributed by atoms with van der Waals surface area (Å²) < 4.78 is 5.63. The van der Waals surface area contributed by atoms with Gasteiger partial charge in [-0.2, -0.15) is 0 Å². The van der Waals surface area contributed by atoms with Gasteiger partial charge in [-0.15, -0.1) is 0 Å². The Balaban J connectivity index is 1.77. The molecule has 1 N–H and O–H groups in total. The molecule has 1 aliphatic heterocycles. The summed E-state index contributed by atoms with van der Waals surface area (Å²) >= 11 is 0. The molecule has 2 heteroatoms. The van der Waals surface area contributed by atoms with Gasteiger partial charge in [0, 0.05) is 6.61 Å². The molecule has 0 aromatic heterocycles. The first-order valence-corrected chi connectivity index (χ1v) is 7.28. The first-order valence-electron chi connectivity index (χ1n) is 7.28. The van der Waals surface area contributed by atoms with Crippen molar-refractivity contribution >= 4 is 0 Å². The number of hydrogen-bond acceptors (Lipinski definition) is 2. The van der Waals surface area contributed by atoms with Crippen LogP contribution in [0.5, 0.6) is 0 Å². The summed E-state index contributed by atoms with van der Waals surface area (Å²) in [6.07, 6.45) is 13.9. The van der Waals surface area contributed by atoms with E-state index in [0.29, 0.717) is 6.23 Å². The van der Waals surface area contributed by atoms with Gasteiger partial charge in [-0.25, -0.2) is 0 Å². The highest BCUT2D eigenvalue weighted by molar-refractivity contribution is 4.61. The van der Waals surface area contributed by atoms with Gasteiger partial charge in [0.25, 0.3) is 0 Å². The van der Waals surface area contributed by atoms with E-state index in [1.54, 1.807) is 0 Å². The molecule has 1 aliphatic rings. The average molecular weight is 227 g/mol. The molecule has 0 aromatic carbocycles. The molecule has 2 nitrogen and oxygen atoms in total. The van der Waals surface area contributed by atoms with Crippen molar-refractivity contribution in [3.63, 3.8) is 0 Å². The molecule has 1 atom stereocenters. The Hall–Kier alpha value is -0.0800. The van der Waals surface area contributed by atoms with Crippen LogP contribution in [-0.4, -0.2) is 19.4 Å². The minimum Gasteiger partial charge on any atom is -0.363 e. The fourth-order valence-corrected chi connectivity index (χ4v) is 2.27. The fraction of sp³-hybridized carbons (Fsp3) is 1.00. The van der Waals surface area contributed by atoms with Crippen LogP contribution in [0.1, 0.15) is 71.1 Å². The third kappa shape index (κ3) is 7.24. The summed E-state index contributed by atoms with van der Waals surface area (Å²) in [5, 5.41) is 3.42. The molecular weight excluding hydrogens is 198 g/mol. The van der Waals surface area contributed by atoms with Gasteiger partial charge in [0.2, 0.25) is 0 Å². The number of hydrogen-bond donors (Lipinski definition) is 1. The molecule has 1 fully saturated rings. The molecule has 1 heterocycles. The standard InChI is InChI=1S/C14H29NO/c1-2-3-4-5-6-7-8-9-11-14-15-12-10-13-16-14/h14-15H,2-13H2,1H3. The molecule has 0 aliphatic carbocycles. The van der Waals surface area contributed by atoms with E-state index in [1.807, 2.05) is 0 Å². The number of nitrogens with one attached hydrogen (secondary N) is 1. The third-order valence-electron chi connectivity index (χ3n) is 3.33. The van der Waals surface area contributed by atoms with Crippen molar-refractivity contribution in [1.82, 2.24) is 5.32 Å². The normalized spacial score (nSPS) is 21.2. The molecule has 1 unspecified atom stereocenters. The monoisotopic (exact) mass is 227 g/mol. The van der Waals surface area contributed by atoms with Crippen molar-refractivity contribution in [2.45, 2.75) is 77.4 Å². The Labute approximate surface area is 101 Å². The van der Waals surface area contributed by atoms with Crippen molar-refractivity contribution in [3.05, 3.63) is 0 Å². The molecule has 0 saturated carbocycles. The van der Waals surface area contributed by atoms with E-state index in [4.69, 9.17) is 4.74 Å². The van der Waals surface area contributed by atoms with Crippen LogP contribution in [0, 0.1) is 0 Å². The van der Waals surface area contributed by atoms with Crippen LogP contribution in [0.25, 0.3) is 0 Å². The minimum atomic E-state index is 0.355.